The zero-order valence-electron chi connectivity index (χ0n) is 31.9. The molecule has 0 aliphatic carbocycles. The summed E-state index contributed by atoms with van der Waals surface area (Å²) in [6, 6.07) is 19.5. The van der Waals surface area contributed by atoms with E-state index in [4.69, 9.17) is 14.7 Å². The van der Waals surface area contributed by atoms with Crippen molar-refractivity contribution in [2.45, 2.75) is 78.4 Å². The van der Waals surface area contributed by atoms with Crippen LogP contribution in [0.5, 0.6) is 0 Å². The van der Waals surface area contributed by atoms with E-state index in [0.29, 0.717) is 12.5 Å². The van der Waals surface area contributed by atoms with Gasteiger partial charge in [0, 0.05) is 30.1 Å². The van der Waals surface area contributed by atoms with Crippen molar-refractivity contribution >= 4 is 40.0 Å². The Kier molecular flexibility index (Phi) is 10.5. The highest BCUT2D eigenvalue weighted by Gasteiger charge is 2.38. The average molecular weight is 728 g/mol. The number of fused-ring (bicyclic) bond motifs is 2. The predicted octanol–water partition coefficient (Wildman–Crippen LogP) is 7.51. The summed E-state index contributed by atoms with van der Waals surface area (Å²) in [6.45, 7) is 11.4. The van der Waals surface area contributed by atoms with E-state index in [2.05, 4.69) is 65.2 Å². The molecule has 11 heteroatoms. The number of hydrogen-bond acceptors (Lipinski definition) is 6. The van der Waals surface area contributed by atoms with E-state index in [1.165, 1.54) is 7.11 Å². The monoisotopic (exact) mass is 727 g/mol. The second kappa shape index (κ2) is 15.4. The molecule has 2 fully saturated rings. The van der Waals surface area contributed by atoms with Crippen LogP contribution in [0.3, 0.4) is 0 Å². The summed E-state index contributed by atoms with van der Waals surface area (Å²) < 4.78 is 4.76. The first-order valence-electron chi connectivity index (χ1n) is 19.1. The van der Waals surface area contributed by atoms with Gasteiger partial charge in [-0.05, 0) is 91.1 Å². The molecule has 11 nitrogen and oxygen atoms in total. The van der Waals surface area contributed by atoms with Crippen LogP contribution in [-0.2, 0) is 14.3 Å². The molecule has 0 spiro atoms. The van der Waals surface area contributed by atoms with Crippen molar-refractivity contribution in [1.82, 2.24) is 35.1 Å². The number of carbonyl (C=O) groups excluding carboxylic acids is 3. The number of nitrogens with zero attached hydrogens (tertiary/aromatic N) is 4. The summed E-state index contributed by atoms with van der Waals surface area (Å²) in [6.07, 6.45) is 2.92. The number of H-pyrrole nitrogens is 2. The summed E-state index contributed by atoms with van der Waals surface area (Å²) in [4.78, 5) is 59.3. The minimum atomic E-state index is -0.683. The topological polar surface area (TPSA) is 136 Å². The molecule has 5 aromatic rings. The maximum absolute atomic E-state index is 13.6. The van der Waals surface area contributed by atoms with Crippen LogP contribution in [-0.4, -0.2) is 73.9 Å². The fourth-order valence-corrected chi connectivity index (χ4v) is 7.58. The molecular formula is C43H49N7O4. The Bertz CT molecular complexity index is 2240. The third kappa shape index (κ3) is 7.43. The van der Waals surface area contributed by atoms with Gasteiger partial charge in [-0.15, -0.1) is 0 Å². The number of amides is 3. The summed E-state index contributed by atoms with van der Waals surface area (Å²) in [5.41, 5.74) is 7.43. The van der Waals surface area contributed by atoms with E-state index >= 15 is 0 Å². The fraction of sp³-hybridized carbons (Fsp3) is 0.419. The number of rotatable bonds is 8. The first-order chi connectivity index (χ1) is 26.0. The number of aromatic nitrogens is 4. The standard InChI is InChI=1S/C43H49N7O4/c1-25(2)27(5)41(51)49-21-7-9-36(49)39-45-33-20-18-31(24-35(33)47-39)30-16-13-28(14-17-30)11-12-29-15-19-32-34(23-29)46-40(44-32)37-10-8-22-50(37)42(52)38(26(3)4)48-43(53)54-6/h13-20,23-27,36-38H,7-10,21-22H2,1-6H3,(H,44,46)(H,45,47)(H,48,53)/t27-,36-,37-,38-/m0/s1. The van der Waals surface area contributed by atoms with E-state index < -0.39 is 12.1 Å². The summed E-state index contributed by atoms with van der Waals surface area (Å²) in [5, 5.41) is 2.70. The molecular weight excluding hydrogens is 679 g/mol. The van der Waals surface area contributed by atoms with Crippen LogP contribution in [0.1, 0.15) is 95.2 Å². The molecule has 3 aromatic carbocycles. The van der Waals surface area contributed by atoms with Gasteiger partial charge in [-0.1, -0.05) is 64.7 Å². The molecule has 4 heterocycles. The molecule has 280 valence electrons. The van der Waals surface area contributed by atoms with E-state index in [1.807, 2.05) is 67.0 Å². The maximum Gasteiger partial charge on any atom is 0.407 e. The van der Waals surface area contributed by atoms with Gasteiger partial charge in [0.05, 0.1) is 41.3 Å². The number of alkyl carbamates (subject to hydrolysis) is 1. The van der Waals surface area contributed by atoms with E-state index in [0.717, 1.165) is 88.2 Å². The van der Waals surface area contributed by atoms with E-state index in [-0.39, 0.29) is 35.7 Å². The van der Waals surface area contributed by atoms with Crippen LogP contribution < -0.4 is 5.32 Å². The third-order valence-electron chi connectivity index (χ3n) is 11.1. The van der Waals surface area contributed by atoms with Crippen molar-refractivity contribution in [3.05, 3.63) is 83.4 Å². The molecule has 54 heavy (non-hydrogen) atoms. The highest BCUT2D eigenvalue weighted by molar-refractivity contribution is 5.87. The minimum absolute atomic E-state index is 0.0147. The van der Waals surface area contributed by atoms with Crippen molar-refractivity contribution in [1.29, 1.82) is 0 Å². The van der Waals surface area contributed by atoms with Gasteiger partial charge >= 0.3 is 6.09 Å². The molecule has 0 saturated carbocycles. The summed E-state index contributed by atoms with van der Waals surface area (Å²) in [5.74, 6) is 8.43. The molecule has 2 aliphatic heterocycles. The molecule has 4 atom stereocenters. The highest BCUT2D eigenvalue weighted by atomic mass is 16.5. The van der Waals surface area contributed by atoms with Crippen molar-refractivity contribution in [2.75, 3.05) is 20.2 Å². The van der Waals surface area contributed by atoms with Crippen LogP contribution >= 0.6 is 0 Å². The lowest BCUT2D eigenvalue weighted by atomic mass is 9.96. The number of ether oxygens (including phenoxy) is 1. The van der Waals surface area contributed by atoms with Crippen LogP contribution in [0, 0.1) is 29.6 Å². The second-order valence-corrected chi connectivity index (χ2v) is 15.3. The number of hydrogen-bond donors (Lipinski definition) is 3. The van der Waals surface area contributed by atoms with Crippen LogP contribution in [0.2, 0.25) is 0 Å². The van der Waals surface area contributed by atoms with E-state index in [9.17, 15) is 14.4 Å². The number of carbonyl (C=O) groups is 3. The SMILES string of the molecule is COC(=O)N[C@H](C(=O)N1CCC[C@H]1c1nc2ccc(C#Cc3ccc(-c4ccc5nc([C@@H]6CCCN6C(=O)[C@@H](C)C(C)C)[nH]c5c4)cc3)cc2[nH]1)C(C)C. The zero-order valence-corrected chi connectivity index (χ0v) is 31.9. The Morgan fingerprint density at radius 1 is 0.722 bits per heavy atom. The van der Waals surface area contributed by atoms with Gasteiger partial charge in [0.2, 0.25) is 11.8 Å². The smallest absolute Gasteiger partial charge is 0.407 e. The summed E-state index contributed by atoms with van der Waals surface area (Å²) in [7, 11) is 1.29. The quantitative estimate of drug-likeness (QED) is 0.142. The molecule has 2 saturated heterocycles. The third-order valence-corrected chi connectivity index (χ3v) is 11.1. The molecule has 0 bridgehead atoms. The maximum atomic E-state index is 13.6. The molecule has 0 radical (unpaired) electrons. The molecule has 3 amide bonds. The van der Waals surface area contributed by atoms with Crippen LogP contribution in [0.25, 0.3) is 33.2 Å². The largest absolute Gasteiger partial charge is 0.453 e. The van der Waals surface area contributed by atoms with Gasteiger partial charge in [0.15, 0.2) is 0 Å². The first kappa shape index (κ1) is 36.7. The zero-order chi connectivity index (χ0) is 38.1. The van der Waals surface area contributed by atoms with Crippen LogP contribution in [0.4, 0.5) is 4.79 Å². The molecule has 2 aliphatic rings. The van der Waals surface area contributed by atoms with Crippen molar-refractivity contribution in [3.63, 3.8) is 0 Å². The van der Waals surface area contributed by atoms with Crippen LogP contribution in [0.15, 0.2) is 60.7 Å². The highest BCUT2D eigenvalue weighted by Crippen LogP contribution is 2.35. The van der Waals surface area contributed by atoms with E-state index in [1.54, 1.807) is 0 Å². The fourth-order valence-electron chi connectivity index (χ4n) is 7.58. The number of aromatic amines is 2. The molecule has 2 aromatic heterocycles. The van der Waals surface area contributed by atoms with Gasteiger partial charge in [0.1, 0.15) is 17.7 Å². The van der Waals surface area contributed by atoms with Gasteiger partial charge < -0.3 is 29.8 Å². The number of methoxy groups -OCH3 is 1. The van der Waals surface area contributed by atoms with Crippen molar-refractivity contribution < 1.29 is 19.1 Å². The number of imidazole rings is 2. The lowest BCUT2D eigenvalue weighted by molar-refractivity contribution is -0.137. The molecule has 0 unspecified atom stereocenters. The van der Waals surface area contributed by atoms with Gasteiger partial charge in [-0.3, -0.25) is 9.59 Å². The minimum Gasteiger partial charge on any atom is -0.453 e. The summed E-state index contributed by atoms with van der Waals surface area (Å²) >= 11 is 0. The average Bonchev–Trinajstić information content (AvgIpc) is 4.00. The normalized spacial score (nSPS) is 18.3. The number of benzene rings is 3. The Balaban J connectivity index is 1.04. The lowest BCUT2D eigenvalue weighted by Gasteiger charge is -2.29. The van der Waals surface area contributed by atoms with Gasteiger partial charge in [-0.2, -0.15) is 0 Å². The van der Waals surface area contributed by atoms with Crippen molar-refractivity contribution in [3.8, 4) is 23.0 Å². The first-order valence-corrected chi connectivity index (χ1v) is 19.1. The second-order valence-electron chi connectivity index (χ2n) is 15.3. The number of likely N-dealkylation sites (tertiary alicyclic amines) is 2. The Morgan fingerprint density at radius 2 is 1.26 bits per heavy atom. The van der Waals surface area contributed by atoms with Crippen molar-refractivity contribution in [2.24, 2.45) is 17.8 Å². The predicted molar refractivity (Wildman–Crippen MR) is 209 cm³/mol. The Morgan fingerprint density at radius 3 is 1.85 bits per heavy atom. The van der Waals surface area contributed by atoms with Gasteiger partial charge in [0.25, 0.3) is 0 Å². The lowest BCUT2D eigenvalue weighted by Crippen LogP contribution is -2.51. The Hall–Kier alpha value is -5.63. The van der Waals surface area contributed by atoms with Gasteiger partial charge in [-0.25, -0.2) is 14.8 Å². The number of nitrogens with one attached hydrogen (secondary N) is 3. The molecule has 3 N–H and O–H groups in total. The Labute approximate surface area is 316 Å². The molecule has 7 rings (SSSR count).